The maximum Gasteiger partial charge on any atom is 0.222 e. The van der Waals surface area contributed by atoms with Crippen molar-refractivity contribution in [3.05, 3.63) is 0 Å². The smallest absolute Gasteiger partial charge is 0.222 e. The van der Waals surface area contributed by atoms with Gasteiger partial charge in [0.15, 0.2) is 0 Å². The maximum atomic E-state index is 11.9. The molecule has 0 saturated heterocycles. The van der Waals surface area contributed by atoms with Gasteiger partial charge >= 0.3 is 0 Å². The van der Waals surface area contributed by atoms with Crippen molar-refractivity contribution in [1.29, 1.82) is 0 Å². The quantitative estimate of drug-likeness (QED) is 0.717. The molecule has 0 aromatic heterocycles. The van der Waals surface area contributed by atoms with Gasteiger partial charge in [-0.1, -0.05) is 12.8 Å². The van der Waals surface area contributed by atoms with E-state index in [1.54, 1.807) is 11.9 Å². The van der Waals surface area contributed by atoms with Crippen LogP contribution >= 0.6 is 0 Å². The van der Waals surface area contributed by atoms with Gasteiger partial charge in [0.05, 0.1) is 12.7 Å². The molecule has 1 amide bonds. The fraction of sp³-hybridized carbons (Fsp3) is 0.929. The second-order valence-corrected chi connectivity index (χ2v) is 5.71. The molecule has 3 N–H and O–H groups in total. The van der Waals surface area contributed by atoms with E-state index in [0.717, 1.165) is 19.3 Å². The summed E-state index contributed by atoms with van der Waals surface area (Å²) in [5.74, 6) is 0.680. The van der Waals surface area contributed by atoms with Gasteiger partial charge in [-0.05, 0) is 25.2 Å². The number of aliphatic hydroxyl groups is 1. The lowest BCUT2D eigenvalue weighted by molar-refractivity contribution is -0.132. The molecule has 0 heterocycles. The Morgan fingerprint density at radius 3 is 2.89 bits per heavy atom. The first-order chi connectivity index (χ1) is 9.02. The van der Waals surface area contributed by atoms with Crippen molar-refractivity contribution >= 4 is 5.91 Å². The van der Waals surface area contributed by atoms with Crippen molar-refractivity contribution in [2.75, 3.05) is 27.3 Å². The third-order valence-electron chi connectivity index (χ3n) is 3.86. The molecule has 5 nitrogen and oxygen atoms in total. The number of aliphatic hydroxyl groups excluding tert-OH is 1. The van der Waals surface area contributed by atoms with E-state index in [0.29, 0.717) is 24.9 Å². The largest absolute Gasteiger partial charge is 0.389 e. The summed E-state index contributed by atoms with van der Waals surface area (Å²) in [4.78, 5) is 13.5. The Bertz CT molecular complexity index is 273. The van der Waals surface area contributed by atoms with Crippen molar-refractivity contribution in [1.82, 2.24) is 4.90 Å². The van der Waals surface area contributed by atoms with Crippen LogP contribution in [0.3, 0.4) is 0 Å². The number of nitrogens with two attached hydrogens (primary N) is 1. The molecule has 1 aliphatic carbocycles. The Hall–Kier alpha value is -0.650. The van der Waals surface area contributed by atoms with Gasteiger partial charge in [0.1, 0.15) is 0 Å². The Kier molecular flexibility index (Phi) is 7.34. The highest BCUT2D eigenvalue weighted by molar-refractivity contribution is 5.75. The average Bonchev–Trinajstić information content (AvgIpc) is 2.36. The Balaban J connectivity index is 2.22. The summed E-state index contributed by atoms with van der Waals surface area (Å²) < 4.78 is 4.85. The zero-order valence-corrected chi connectivity index (χ0v) is 12.2. The molecule has 1 saturated carbocycles. The Labute approximate surface area is 116 Å². The summed E-state index contributed by atoms with van der Waals surface area (Å²) in [6, 6.07) is 0.315. The van der Waals surface area contributed by atoms with Gasteiger partial charge in [-0.3, -0.25) is 4.79 Å². The van der Waals surface area contributed by atoms with Crippen molar-refractivity contribution in [2.24, 2.45) is 11.7 Å². The molecule has 0 radical (unpaired) electrons. The van der Waals surface area contributed by atoms with Crippen molar-refractivity contribution in [3.8, 4) is 0 Å². The van der Waals surface area contributed by atoms with Crippen LogP contribution in [0.25, 0.3) is 0 Å². The number of nitrogens with zero attached hydrogens (tertiary/aromatic N) is 1. The fourth-order valence-electron chi connectivity index (χ4n) is 2.78. The average molecular weight is 272 g/mol. The standard InChI is InChI=1S/C14H28N2O3/c1-16(9-13(17)10-19-2)14(18)7-6-11-4-3-5-12(15)8-11/h11-13,17H,3-10,15H2,1-2H3. The predicted octanol–water partition coefficient (Wildman–Crippen LogP) is 0.750. The monoisotopic (exact) mass is 272 g/mol. The summed E-state index contributed by atoms with van der Waals surface area (Å²) in [5, 5.41) is 9.58. The van der Waals surface area contributed by atoms with Crippen LogP contribution < -0.4 is 5.73 Å². The van der Waals surface area contributed by atoms with Crippen LogP contribution in [0.1, 0.15) is 38.5 Å². The lowest BCUT2D eigenvalue weighted by Crippen LogP contribution is -2.36. The number of amides is 1. The van der Waals surface area contributed by atoms with E-state index < -0.39 is 6.10 Å². The van der Waals surface area contributed by atoms with Crippen LogP contribution in [-0.2, 0) is 9.53 Å². The van der Waals surface area contributed by atoms with E-state index in [2.05, 4.69) is 0 Å². The van der Waals surface area contributed by atoms with Gasteiger partial charge in [-0.25, -0.2) is 0 Å². The summed E-state index contributed by atoms with van der Waals surface area (Å²) in [5.41, 5.74) is 5.95. The molecular weight excluding hydrogens is 244 g/mol. The van der Waals surface area contributed by atoms with Crippen LogP contribution in [0.2, 0.25) is 0 Å². The van der Waals surface area contributed by atoms with Gasteiger partial charge < -0.3 is 20.5 Å². The SMILES string of the molecule is COCC(O)CN(C)C(=O)CCC1CCCC(N)C1. The molecule has 3 atom stereocenters. The van der Waals surface area contributed by atoms with Gasteiger partial charge in [0.25, 0.3) is 0 Å². The topological polar surface area (TPSA) is 75.8 Å². The molecule has 3 unspecified atom stereocenters. The molecule has 0 aliphatic heterocycles. The number of rotatable bonds is 7. The van der Waals surface area contributed by atoms with E-state index in [4.69, 9.17) is 10.5 Å². The zero-order chi connectivity index (χ0) is 14.3. The number of methoxy groups -OCH3 is 1. The molecule has 0 bridgehead atoms. The molecular formula is C14H28N2O3. The predicted molar refractivity (Wildman–Crippen MR) is 74.7 cm³/mol. The van der Waals surface area contributed by atoms with Crippen molar-refractivity contribution < 1.29 is 14.6 Å². The highest BCUT2D eigenvalue weighted by Crippen LogP contribution is 2.26. The van der Waals surface area contributed by atoms with Crippen LogP contribution in [0.4, 0.5) is 0 Å². The number of ether oxygens (including phenoxy) is 1. The minimum Gasteiger partial charge on any atom is -0.389 e. The molecule has 0 aromatic carbocycles. The maximum absolute atomic E-state index is 11.9. The third-order valence-corrected chi connectivity index (χ3v) is 3.86. The van der Waals surface area contributed by atoms with Crippen LogP contribution in [0.5, 0.6) is 0 Å². The lowest BCUT2D eigenvalue weighted by Gasteiger charge is -2.27. The molecule has 1 fully saturated rings. The lowest BCUT2D eigenvalue weighted by atomic mass is 9.83. The number of hydrogen-bond donors (Lipinski definition) is 2. The minimum atomic E-state index is -0.609. The highest BCUT2D eigenvalue weighted by Gasteiger charge is 2.21. The van der Waals surface area contributed by atoms with Crippen LogP contribution in [-0.4, -0.2) is 55.4 Å². The molecule has 1 aliphatic rings. The molecule has 1 rings (SSSR count). The Morgan fingerprint density at radius 2 is 2.26 bits per heavy atom. The molecule has 5 heteroatoms. The van der Waals surface area contributed by atoms with Crippen LogP contribution in [0.15, 0.2) is 0 Å². The van der Waals surface area contributed by atoms with E-state index >= 15 is 0 Å². The second-order valence-electron chi connectivity index (χ2n) is 5.71. The summed E-state index contributed by atoms with van der Waals surface area (Å²) in [6.07, 6.45) is 5.39. The zero-order valence-electron chi connectivity index (χ0n) is 12.2. The van der Waals surface area contributed by atoms with E-state index in [1.165, 1.54) is 20.0 Å². The van der Waals surface area contributed by atoms with Crippen LogP contribution in [0, 0.1) is 5.92 Å². The number of likely N-dealkylation sites (N-methyl/N-ethyl adjacent to an activating group) is 1. The first-order valence-electron chi connectivity index (χ1n) is 7.19. The number of carbonyl (C=O) groups is 1. The third kappa shape index (κ3) is 6.36. The highest BCUT2D eigenvalue weighted by atomic mass is 16.5. The minimum absolute atomic E-state index is 0.0919. The molecule has 19 heavy (non-hydrogen) atoms. The molecule has 112 valence electrons. The first-order valence-corrected chi connectivity index (χ1v) is 7.19. The molecule has 0 spiro atoms. The van der Waals surface area contributed by atoms with Gasteiger partial charge in [0, 0.05) is 33.2 Å². The van der Waals surface area contributed by atoms with Gasteiger partial charge in [0.2, 0.25) is 5.91 Å². The molecule has 0 aromatic rings. The second kappa shape index (κ2) is 8.51. The van der Waals surface area contributed by atoms with E-state index in [1.807, 2.05) is 0 Å². The fourth-order valence-corrected chi connectivity index (χ4v) is 2.78. The summed E-state index contributed by atoms with van der Waals surface area (Å²) in [6.45, 7) is 0.589. The summed E-state index contributed by atoms with van der Waals surface area (Å²) >= 11 is 0. The van der Waals surface area contributed by atoms with Gasteiger partial charge in [-0.15, -0.1) is 0 Å². The number of carbonyl (C=O) groups excluding carboxylic acids is 1. The van der Waals surface area contributed by atoms with Crippen molar-refractivity contribution in [2.45, 2.75) is 50.7 Å². The Morgan fingerprint density at radius 1 is 1.53 bits per heavy atom. The first kappa shape index (κ1) is 16.4. The summed E-state index contributed by atoms with van der Waals surface area (Å²) in [7, 11) is 3.27. The number of hydrogen-bond acceptors (Lipinski definition) is 4. The van der Waals surface area contributed by atoms with Gasteiger partial charge in [-0.2, -0.15) is 0 Å². The van der Waals surface area contributed by atoms with E-state index in [9.17, 15) is 9.90 Å². The normalized spacial score (nSPS) is 25.1. The van der Waals surface area contributed by atoms with E-state index in [-0.39, 0.29) is 12.5 Å². The van der Waals surface area contributed by atoms with Crippen molar-refractivity contribution in [3.63, 3.8) is 0 Å².